The molecule has 3 rings (SSSR count). The first-order valence-corrected chi connectivity index (χ1v) is 9.53. The molecule has 0 spiro atoms. The Morgan fingerprint density at radius 3 is 2.30 bits per heavy atom. The van der Waals surface area contributed by atoms with Gasteiger partial charge in [0.1, 0.15) is 6.54 Å². The third kappa shape index (κ3) is 4.88. The zero-order valence-corrected chi connectivity index (χ0v) is 16.1. The highest BCUT2D eigenvalue weighted by Crippen LogP contribution is 2.24. The summed E-state index contributed by atoms with van der Waals surface area (Å²) in [5, 5.41) is 2.89. The molecule has 0 bridgehead atoms. The fourth-order valence-corrected chi connectivity index (χ4v) is 3.43. The van der Waals surface area contributed by atoms with Crippen LogP contribution in [0.25, 0.3) is 0 Å². The van der Waals surface area contributed by atoms with E-state index in [9.17, 15) is 9.59 Å². The number of hydrogen-bond donors (Lipinski definition) is 1. The van der Waals surface area contributed by atoms with Crippen molar-refractivity contribution in [3.63, 3.8) is 0 Å². The number of amides is 2. The van der Waals surface area contributed by atoms with Crippen molar-refractivity contribution >= 4 is 28.9 Å². The molecule has 1 N–H and O–H groups in total. The number of anilines is 3. The Labute approximate surface area is 161 Å². The molecule has 2 amide bonds. The molecule has 0 aromatic heterocycles. The second kappa shape index (κ2) is 8.71. The van der Waals surface area contributed by atoms with Crippen LogP contribution in [0, 0.1) is 6.92 Å². The lowest BCUT2D eigenvalue weighted by molar-refractivity contribution is -0.120. The van der Waals surface area contributed by atoms with Gasteiger partial charge in [-0.1, -0.05) is 18.2 Å². The number of aryl methyl sites for hydroxylation is 1. The van der Waals surface area contributed by atoms with Gasteiger partial charge in [-0.05, 0) is 62.1 Å². The number of nitrogens with one attached hydrogen (secondary N) is 1. The van der Waals surface area contributed by atoms with Crippen molar-refractivity contribution in [1.29, 1.82) is 0 Å². The SMILES string of the molecule is CC(=O)N(CC(=O)Nc1ccccc1C)c1ccc(N2CCCCC2)cc1. The minimum absolute atomic E-state index is 0.00721. The van der Waals surface area contributed by atoms with E-state index in [1.165, 1.54) is 36.8 Å². The minimum atomic E-state index is -0.209. The minimum Gasteiger partial charge on any atom is -0.372 e. The molecule has 5 heteroatoms. The lowest BCUT2D eigenvalue weighted by Crippen LogP contribution is -2.36. The molecule has 1 saturated heterocycles. The summed E-state index contributed by atoms with van der Waals surface area (Å²) in [5.74, 6) is -0.361. The first kappa shape index (κ1) is 19.0. The summed E-state index contributed by atoms with van der Waals surface area (Å²) in [6.07, 6.45) is 3.74. The van der Waals surface area contributed by atoms with Crippen LogP contribution in [0.4, 0.5) is 17.1 Å². The highest BCUT2D eigenvalue weighted by atomic mass is 16.2. The number of carbonyl (C=O) groups excluding carboxylic acids is 2. The van der Waals surface area contributed by atoms with Crippen molar-refractivity contribution in [3.05, 3.63) is 54.1 Å². The molecule has 27 heavy (non-hydrogen) atoms. The van der Waals surface area contributed by atoms with Gasteiger partial charge >= 0.3 is 0 Å². The van der Waals surface area contributed by atoms with Crippen LogP contribution in [-0.2, 0) is 9.59 Å². The van der Waals surface area contributed by atoms with Gasteiger partial charge in [0.25, 0.3) is 0 Å². The van der Waals surface area contributed by atoms with E-state index >= 15 is 0 Å². The molecule has 0 saturated carbocycles. The molecule has 1 aliphatic heterocycles. The standard InChI is InChI=1S/C22H27N3O2/c1-17-8-4-5-9-21(17)23-22(27)16-25(18(2)26)20-12-10-19(11-13-20)24-14-6-3-7-15-24/h4-5,8-13H,3,6-7,14-16H2,1-2H3,(H,23,27). The van der Waals surface area contributed by atoms with Crippen molar-refractivity contribution in [3.8, 4) is 0 Å². The van der Waals surface area contributed by atoms with Gasteiger partial charge < -0.3 is 15.1 Å². The molecular weight excluding hydrogens is 338 g/mol. The van der Waals surface area contributed by atoms with E-state index in [4.69, 9.17) is 0 Å². The summed E-state index contributed by atoms with van der Waals surface area (Å²) in [6.45, 7) is 5.58. The molecule has 0 atom stereocenters. The Hall–Kier alpha value is -2.82. The van der Waals surface area contributed by atoms with Gasteiger partial charge in [0.15, 0.2) is 0 Å². The molecule has 1 aliphatic rings. The van der Waals surface area contributed by atoms with Crippen molar-refractivity contribution in [2.75, 3.05) is 34.8 Å². The summed E-state index contributed by atoms with van der Waals surface area (Å²) >= 11 is 0. The van der Waals surface area contributed by atoms with Crippen LogP contribution >= 0.6 is 0 Å². The molecule has 2 aromatic rings. The van der Waals surface area contributed by atoms with Gasteiger partial charge in [-0.3, -0.25) is 9.59 Å². The van der Waals surface area contributed by atoms with Crippen LogP contribution in [0.5, 0.6) is 0 Å². The number of piperidine rings is 1. The second-order valence-corrected chi connectivity index (χ2v) is 7.03. The summed E-state index contributed by atoms with van der Waals surface area (Å²) in [7, 11) is 0. The van der Waals surface area contributed by atoms with E-state index in [1.54, 1.807) is 0 Å². The molecule has 2 aromatic carbocycles. The number of rotatable bonds is 5. The van der Waals surface area contributed by atoms with E-state index in [-0.39, 0.29) is 18.4 Å². The van der Waals surface area contributed by atoms with Gasteiger partial charge in [-0.2, -0.15) is 0 Å². The van der Waals surface area contributed by atoms with Crippen molar-refractivity contribution in [2.24, 2.45) is 0 Å². The van der Waals surface area contributed by atoms with Crippen LogP contribution in [-0.4, -0.2) is 31.4 Å². The largest absolute Gasteiger partial charge is 0.372 e. The van der Waals surface area contributed by atoms with Crippen LogP contribution in [0.15, 0.2) is 48.5 Å². The van der Waals surface area contributed by atoms with E-state index in [1.807, 2.05) is 55.5 Å². The Kier molecular flexibility index (Phi) is 6.12. The monoisotopic (exact) mass is 365 g/mol. The second-order valence-electron chi connectivity index (χ2n) is 7.03. The summed E-state index contributed by atoms with van der Waals surface area (Å²) < 4.78 is 0. The van der Waals surface area contributed by atoms with E-state index in [0.717, 1.165) is 30.0 Å². The fraction of sp³-hybridized carbons (Fsp3) is 0.364. The predicted octanol–water partition coefficient (Wildman–Crippen LogP) is 3.98. The molecule has 1 heterocycles. The van der Waals surface area contributed by atoms with Crippen molar-refractivity contribution in [1.82, 2.24) is 0 Å². The number of nitrogens with zero attached hydrogens (tertiary/aromatic N) is 2. The molecule has 142 valence electrons. The maximum absolute atomic E-state index is 12.5. The predicted molar refractivity (Wildman–Crippen MR) is 110 cm³/mol. The zero-order chi connectivity index (χ0) is 19.2. The molecular formula is C22H27N3O2. The first-order valence-electron chi connectivity index (χ1n) is 9.53. The van der Waals surface area contributed by atoms with E-state index in [0.29, 0.717) is 0 Å². The van der Waals surface area contributed by atoms with Gasteiger partial charge in [0, 0.05) is 37.1 Å². The van der Waals surface area contributed by atoms with Crippen LogP contribution in [0.2, 0.25) is 0 Å². The van der Waals surface area contributed by atoms with Gasteiger partial charge in [0.05, 0.1) is 0 Å². The van der Waals surface area contributed by atoms with Crippen LogP contribution < -0.4 is 15.1 Å². The molecule has 1 fully saturated rings. The number of para-hydroxylation sites is 1. The summed E-state index contributed by atoms with van der Waals surface area (Å²) in [5.41, 5.74) is 3.67. The Balaban J connectivity index is 1.68. The Bertz CT molecular complexity index is 795. The quantitative estimate of drug-likeness (QED) is 0.872. The maximum Gasteiger partial charge on any atom is 0.244 e. The lowest BCUT2D eigenvalue weighted by atomic mass is 10.1. The normalized spacial score (nSPS) is 13.9. The topological polar surface area (TPSA) is 52.7 Å². The highest BCUT2D eigenvalue weighted by molar-refractivity contribution is 6.02. The highest BCUT2D eigenvalue weighted by Gasteiger charge is 2.17. The summed E-state index contributed by atoms with van der Waals surface area (Å²) in [4.78, 5) is 28.5. The van der Waals surface area contributed by atoms with Crippen LogP contribution in [0.1, 0.15) is 31.7 Å². The van der Waals surface area contributed by atoms with E-state index in [2.05, 4.69) is 10.2 Å². The lowest BCUT2D eigenvalue weighted by Gasteiger charge is -2.29. The third-order valence-electron chi connectivity index (χ3n) is 4.98. The van der Waals surface area contributed by atoms with Crippen molar-refractivity contribution < 1.29 is 9.59 Å². The first-order chi connectivity index (χ1) is 13.0. The molecule has 5 nitrogen and oxygen atoms in total. The van der Waals surface area contributed by atoms with E-state index < -0.39 is 0 Å². The molecule has 0 aliphatic carbocycles. The van der Waals surface area contributed by atoms with Gasteiger partial charge in [-0.25, -0.2) is 0 Å². The molecule has 0 radical (unpaired) electrons. The zero-order valence-electron chi connectivity index (χ0n) is 16.1. The third-order valence-corrected chi connectivity index (χ3v) is 4.98. The average molecular weight is 365 g/mol. The Morgan fingerprint density at radius 2 is 1.67 bits per heavy atom. The number of carbonyl (C=O) groups is 2. The summed E-state index contributed by atoms with van der Waals surface area (Å²) in [6, 6.07) is 15.5. The average Bonchev–Trinajstić information content (AvgIpc) is 2.68. The maximum atomic E-state index is 12.5. The molecule has 0 unspecified atom stereocenters. The van der Waals surface area contributed by atoms with Crippen molar-refractivity contribution in [2.45, 2.75) is 33.1 Å². The number of benzene rings is 2. The van der Waals surface area contributed by atoms with Crippen LogP contribution in [0.3, 0.4) is 0 Å². The Morgan fingerprint density at radius 1 is 1.00 bits per heavy atom. The van der Waals surface area contributed by atoms with Gasteiger partial charge in [0.2, 0.25) is 11.8 Å². The van der Waals surface area contributed by atoms with Gasteiger partial charge in [-0.15, -0.1) is 0 Å². The smallest absolute Gasteiger partial charge is 0.244 e. The fourth-order valence-electron chi connectivity index (χ4n) is 3.43. The number of hydrogen-bond acceptors (Lipinski definition) is 3.